The Morgan fingerprint density at radius 1 is 1.15 bits per heavy atom. The van der Waals surface area contributed by atoms with Crippen molar-refractivity contribution in [1.29, 1.82) is 0 Å². The summed E-state index contributed by atoms with van der Waals surface area (Å²) in [5.41, 5.74) is 2.95. The minimum Gasteiger partial charge on any atom is -0.477 e. The third-order valence-electron chi connectivity index (χ3n) is 6.24. The van der Waals surface area contributed by atoms with Gasteiger partial charge in [0.2, 0.25) is 0 Å². The molecule has 0 saturated heterocycles. The van der Waals surface area contributed by atoms with Gasteiger partial charge in [0.25, 0.3) is 0 Å². The monoisotopic (exact) mass is 273 g/mol. The molecule has 0 aromatic carbocycles. The molecule has 1 heterocycles. The first-order valence-electron chi connectivity index (χ1n) is 7.94. The Bertz CT molecular complexity index is 544. The van der Waals surface area contributed by atoms with E-state index in [9.17, 15) is 9.90 Å². The fourth-order valence-electron chi connectivity index (χ4n) is 5.83. The topological polar surface area (TPSA) is 42.2 Å². The molecule has 0 amide bonds. The number of carboxylic acids is 1. The Labute approximate surface area is 120 Å². The minimum absolute atomic E-state index is 0.450. The Morgan fingerprint density at radius 2 is 1.70 bits per heavy atom. The fourth-order valence-corrected chi connectivity index (χ4v) is 5.83. The lowest BCUT2D eigenvalue weighted by Gasteiger charge is -2.54. The van der Waals surface area contributed by atoms with Gasteiger partial charge in [0, 0.05) is 18.7 Å². The van der Waals surface area contributed by atoms with Gasteiger partial charge in [-0.1, -0.05) is 0 Å². The first-order chi connectivity index (χ1) is 9.54. The molecule has 4 aliphatic rings. The number of carbonyl (C=O) groups is 1. The lowest BCUT2D eigenvalue weighted by Crippen LogP contribution is -2.44. The van der Waals surface area contributed by atoms with Gasteiger partial charge in [-0.2, -0.15) is 0 Å². The highest BCUT2D eigenvalue weighted by atomic mass is 16.4. The summed E-state index contributed by atoms with van der Waals surface area (Å²) in [7, 11) is 1.94. The summed E-state index contributed by atoms with van der Waals surface area (Å²) >= 11 is 0. The van der Waals surface area contributed by atoms with E-state index in [-0.39, 0.29) is 0 Å². The Balaban J connectivity index is 1.76. The van der Waals surface area contributed by atoms with Gasteiger partial charge in [-0.15, -0.1) is 0 Å². The van der Waals surface area contributed by atoms with Gasteiger partial charge in [-0.25, -0.2) is 4.79 Å². The zero-order valence-electron chi connectivity index (χ0n) is 12.3. The van der Waals surface area contributed by atoms with Crippen molar-refractivity contribution in [2.75, 3.05) is 0 Å². The molecule has 108 valence electrons. The molecule has 0 atom stereocenters. The molecule has 4 bridgehead atoms. The predicted molar refractivity (Wildman–Crippen MR) is 76.9 cm³/mol. The molecule has 0 aliphatic heterocycles. The van der Waals surface area contributed by atoms with Crippen LogP contribution in [-0.4, -0.2) is 15.6 Å². The van der Waals surface area contributed by atoms with Crippen molar-refractivity contribution < 1.29 is 9.90 Å². The van der Waals surface area contributed by atoms with Crippen molar-refractivity contribution in [2.24, 2.45) is 30.7 Å². The molecule has 5 rings (SSSR count). The fraction of sp³-hybridized carbons (Fsp3) is 0.706. The van der Waals surface area contributed by atoms with Crippen LogP contribution in [0.1, 0.15) is 59.8 Å². The van der Waals surface area contributed by atoms with Gasteiger partial charge in [0.1, 0.15) is 5.69 Å². The van der Waals surface area contributed by atoms with Crippen LogP contribution in [0.5, 0.6) is 0 Å². The zero-order chi connectivity index (χ0) is 14.0. The maximum Gasteiger partial charge on any atom is 0.352 e. The smallest absolute Gasteiger partial charge is 0.352 e. The van der Waals surface area contributed by atoms with E-state index in [1.54, 1.807) is 0 Å². The van der Waals surface area contributed by atoms with Gasteiger partial charge in [0.05, 0.1) is 0 Å². The maximum atomic E-state index is 11.4. The van der Waals surface area contributed by atoms with Crippen LogP contribution in [0.4, 0.5) is 0 Å². The van der Waals surface area contributed by atoms with Crippen molar-refractivity contribution in [3.8, 4) is 0 Å². The summed E-state index contributed by atoms with van der Waals surface area (Å²) < 4.78 is 1.96. The molecule has 0 unspecified atom stereocenters. The second kappa shape index (κ2) is 4.12. The van der Waals surface area contributed by atoms with Crippen molar-refractivity contribution in [1.82, 2.24) is 4.57 Å². The number of hydrogen-bond acceptors (Lipinski definition) is 1. The largest absolute Gasteiger partial charge is 0.477 e. The summed E-state index contributed by atoms with van der Waals surface area (Å²) in [5.74, 6) is 3.36. The molecule has 0 radical (unpaired) electrons. The van der Waals surface area contributed by atoms with Crippen molar-refractivity contribution in [3.05, 3.63) is 23.0 Å². The van der Waals surface area contributed by atoms with E-state index in [0.29, 0.717) is 11.6 Å². The second-order valence-electron chi connectivity index (χ2n) is 7.42. The average molecular weight is 273 g/mol. The van der Waals surface area contributed by atoms with E-state index in [1.807, 2.05) is 17.7 Å². The van der Waals surface area contributed by atoms with Gasteiger partial charge in [-0.05, 0) is 74.3 Å². The van der Waals surface area contributed by atoms with Crippen LogP contribution in [0.3, 0.4) is 0 Å². The number of nitrogens with zero attached hydrogens (tertiary/aromatic N) is 1. The van der Waals surface area contributed by atoms with Crippen LogP contribution in [0.2, 0.25) is 0 Å². The molecule has 20 heavy (non-hydrogen) atoms. The minimum atomic E-state index is -0.800. The molecule has 4 aliphatic carbocycles. The van der Waals surface area contributed by atoms with Crippen LogP contribution in [0.15, 0.2) is 6.07 Å². The van der Waals surface area contributed by atoms with Gasteiger partial charge < -0.3 is 9.67 Å². The van der Waals surface area contributed by atoms with Crippen LogP contribution in [0.25, 0.3) is 0 Å². The van der Waals surface area contributed by atoms with Crippen LogP contribution >= 0.6 is 0 Å². The molecule has 4 fully saturated rings. The molecule has 3 heteroatoms. The van der Waals surface area contributed by atoms with E-state index in [4.69, 9.17) is 0 Å². The van der Waals surface area contributed by atoms with Gasteiger partial charge in [-0.3, -0.25) is 0 Å². The number of aromatic carboxylic acids is 1. The van der Waals surface area contributed by atoms with E-state index in [0.717, 1.165) is 23.7 Å². The third kappa shape index (κ3) is 1.61. The number of carboxylic acid groups (broad SMARTS) is 1. The van der Waals surface area contributed by atoms with Crippen molar-refractivity contribution in [3.63, 3.8) is 0 Å². The number of rotatable bonds is 2. The molecule has 1 aromatic heterocycles. The normalized spacial score (nSPS) is 38.4. The maximum absolute atomic E-state index is 11.4. The molecule has 0 spiro atoms. The Hall–Kier alpha value is -1.25. The summed E-state index contributed by atoms with van der Waals surface area (Å²) in [6.07, 6.45) is 6.98. The zero-order valence-corrected chi connectivity index (χ0v) is 12.3. The quantitative estimate of drug-likeness (QED) is 0.895. The predicted octanol–water partition coefficient (Wildman–Crippen LogP) is 3.57. The SMILES string of the molecule is Cc1cc(C(=O)O)n(C)c1C1C2CC3CC(C2)CC1C3. The molecule has 4 saturated carbocycles. The highest BCUT2D eigenvalue weighted by Crippen LogP contribution is 2.60. The van der Waals surface area contributed by atoms with Crippen LogP contribution in [0, 0.1) is 30.6 Å². The molecule has 3 nitrogen and oxygen atoms in total. The number of hydrogen-bond donors (Lipinski definition) is 1. The first kappa shape index (κ1) is 12.5. The van der Waals surface area contributed by atoms with E-state index < -0.39 is 5.97 Å². The van der Waals surface area contributed by atoms with Gasteiger partial charge >= 0.3 is 5.97 Å². The highest BCUT2D eigenvalue weighted by molar-refractivity contribution is 5.86. The molecule has 1 N–H and O–H groups in total. The average Bonchev–Trinajstić information content (AvgIpc) is 2.65. The van der Waals surface area contributed by atoms with Crippen LogP contribution in [-0.2, 0) is 7.05 Å². The Morgan fingerprint density at radius 3 is 2.15 bits per heavy atom. The standard InChI is InChI=1S/C17H23NO2/c1-9-3-14(17(19)20)18(2)16(9)15-12-5-10-4-11(7-12)8-13(15)6-10/h3,10-13,15H,4-8H2,1-2H3,(H,19,20). The highest BCUT2D eigenvalue weighted by Gasteiger charge is 2.49. The molecule has 1 aromatic rings. The molecular formula is C17H23NO2. The Kier molecular flexibility index (Phi) is 2.57. The third-order valence-corrected chi connectivity index (χ3v) is 6.24. The molecular weight excluding hydrogens is 250 g/mol. The second-order valence-corrected chi connectivity index (χ2v) is 7.42. The summed E-state index contributed by atoms with van der Waals surface area (Å²) in [5, 5.41) is 9.33. The summed E-state index contributed by atoms with van der Waals surface area (Å²) in [6, 6.07) is 1.86. The lowest BCUT2D eigenvalue weighted by atomic mass is 9.51. The number of aryl methyl sites for hydroxylation is 1. The van der Waals surface area contributed by atoms with Crippen molar-refractivity contribution >= 4 is 5.97 Å². The van der Waals surface area contributed by atoms with E-state index >= 15 is 0 Å². The summed E-state index contributed by atoms with van der Waals surface area (Å²) in [6.45, 7) is 2.09. The van der Waals surface area contributed by atoms with E-state index in [1.165, 1.54) is 43.4 Å². The van der Waals surface area contributed by atoms with Crippen molar-refractivity contribution in [2.45, 2.75) is 44.9 Å². The van der Waals surface area contributed by atoms with E-state index in [2.05, 4.69) is 6.92 Å². The lowest BCUT2D eigenvalue weighted by molar-refractivity contribution is -0.00532. The number of aromatic nitrogens is 1. The summed E-state index contributed by atoms with van der Waals surface area (Å²) in [4.78, 5) is 11.4. The van der Waals surface area contributed by atoms with Gasteiger partial charge in [0.15, 0.2) is 0 Å². The van der Waals surface area contributed by atoms with Crippen LogP contribution < -0.4 is 0 Å². The first-order valence-corrected chi connectivity index (χ1v) is 7.94.